The van der Waals surface area contributed by atoms with Crippen LogP contribution in [0.5, 0.6) is 11.5 Å². The lowest BCUT2D eigenvalue weighted by Gasteiger charge is -2.27. The van der Waals surface area contributed by atoms with Crippen LogP contribution in [0.4, 0.5) is 0 Å². The van der Waals surface area contributed by atoms with Crippen molar-refractivity contribution in [2.45, 2.75) is 19.3 Å². The van der Waals surface area contributed by atoms with Crippen LogP contribution in [0, 0.1) is 5.41 Å². The lowest BCUT2D eigenvalue weighted by Crippen LogP contribution is -2.20. The molecule has 0 radical (unpaired) electrons. The third-order valence-electron chi connectivity index (χ3n) is 4.63. The number of hydrogen-bond acceptors (Lipinski definition) is 5. The number of rotatable bonds is 11. The summed E-state index contributed by atoms with van der Waals surface area (Å²) in [5, 5.41) is 11.9. The number of hydrogen-bond donors (Lipinski definition) is 3. The molecule has 1 atom stereocenters. The number of ether oxygens (including phenoxy) is 2. The predicted molar refractivity (Wildman–Crippen MR) is 142 cm³/mol. The summed E-state index contributed by atoms with van der Waals surface area (Å²) in [4.78, 5) is 0. The van der Waals surface area contributed by atoms with Gasteiger partial charge in [0, 0.05) is 18.0 Å². The normalized spacial score (nSPS) is 12.3. The van der Waals surface area contributed by atoms with E-state index in [1.54, 1.807) is 6.20 Å². The minimum atomic E-state index is -0.359. The molecule has 0 heterocycles. The minimum Gasteiger partial charge on any atom is -0.489 e. The molecule has 0 fully saturated rings. The Hall–Kier alpha value is -0.920. The van der Waals surface area contributed by atoms with Gasteiger partial charge in [-0.1, -0.05) is 49.2 Å². The van der Waals surface area contributed by atoms with Gasteiger partial charge in [-0.05, 0) is 57.4 Å². The highest BCUT2D eigenvalue weighted by molar-refractivity contribution is 14.2. The largest absolute Gasteiger partial charge is 0.489 e. The lowest BCUT2D eigenvalue weighted by molar-refractivity contribution is 0.343. The van der Waals surface area contributed by atoms with Crippen molar-refractivity contribution >= 4 is 68.9 Å². The fourth-order valence-electron chi connectivity index (χ4n) is 2.76. The van der Waals surface area contributed by atoms with E-state index in [4.69, 9.17) is 55.4 Å². The van der Waals surface area contributed by atoms with E-state index in [0.717, 1.165) is 11.1 Å². The van der Waals surface area contributed by atoms with Gasteiger partial charge in [0.15, 0.2) is 5.75 Å². The molecular formula is C21H24Cl3IN3O2P. The lowest BCUT2D eigenvalue weighted by atomic mass is 9.78. The molecule has 0 aliphatic carbocycles. The molecule has 0 aliphatic rings. The van der Waals surface area contributed by atoms with E-state index in [0.29, 0.717) is 46.1 Å². The monoisotopic (exact) mass is 613 g/mol. The van der Waals surface area contributed by atoms with Crippen molar-refractivity contribution in [3.05, 3.63) is 69.5 Å². The maximum Gasteiger partial charge on any atom is 0.156 e. The number of nitrogens with one attached hydrogen (secondary N) is 2. The van der Waals surface area contributed by atoms with Crippen LogP contribution in [0.1, 0.15) is 25.0 Å². The summed E-state index contributed by atoms with van der Waals surface area (Å²) in [7, 11) is 0. The Morgan fingerprint density at radius 1 is 1.16 bits per heavy atom. The molecule has 0 amide bonds. The first kappa shape index (κ1) is 26.3. The van der Waals surface area contributed by atoms with Crippen molar-refractivity contribution in [3.8, 4) is 11.5 Å². The second kappa shape index (κ2) is 12.4. The van der Waals surface area contributed by atoms with Crippen LogP contribution in [0.2, 0.25) is 10.0 Å². The molecule has 2 aromatic rings. The molecule has 31 heavy (non-hydrogen) atoms. The van der Waals surface area contributed by atoms with Gasteiger partial charge in [-0.15, -0.1) is 11.6 Å². The first-order chi connectivity index (χ1) is 14.7. The topological polar surface area (TPSA) is 80.4 Å². The quantitative estimate of drug-likeness (QED) is 0.114. The van der Waals surface area contributed by atoms with Crippen LogP contribution in [-0.2, 0) is 5.41 Å². The highest BCUT2D eigenvalue weighted by Crippen LogP contribution is 2.40. The molecule has 0 spiro atoms. The molecule has 10 heteroatoms. The van der Waals surface area contributed by atoms with Crippen LogP contribution >= 0.6 is 63.2 Å². The van der Waals surface area contributed by atoms with Crippen LogP contribution < -0.4 is 20.3 Å². The zero-order valence-electron chi connectivity index (χ0n) is 17.1. The van der Waals surface area contributed by atoms with Gasteiger partial charge in [0.05, 0.1) is 27.3 Å². The smallest absolute Gasteiger partial charge is 0.156 e. The van der Waals surface area contributed by atoms with E-state index < -0.39 is 0 Å². The van der Waals surface area contributed by atoms with Crippen molar-refractivity contribution < 1.29 is 9.47 Å². The van der Waals surface area contributed by atoms with E-state index in [1.165, 1.54) is 0 Å². The first-order valence-corrected chi connectivity index (χ1v) is 14.7. The highest BCUT2D eigenvalue weighted by Gasteiger charge is 2.25. The summed E-state index contributed by atoms with van der Waals surface area (Å²) >= 11 is 20.7. The van der Waals surface area contributed by atoms with E-state index >= 15 is 0 Å². The fraction of sp³-hybridized carbons (Fsp3) is 0.286. The maximum absolute atomic E-state index is 7.98. The van der Waals surface area contributed by atoms with Crippen molar-refractivity contribution in [2.24, 2.45) is 5.73 Å². The van der Waals surface area contributed by atoms with Crippen molar-refractivity contribution in [2.75, 3.05) is 19.1 Å². The first-order valence-electron chi connectivity index (χ1n) is 9.27. The molecule has 0 aromatic heterocycles. The Bertz CT molecular complexity index is 917. The van der Waals surface area contributed by atoms with Crippen LogP contribution in [0.15, 0.2) is 48.3 Å². The zero-order chi connectivity index (χ0) is 23.0. The van der Waals surface area contributed by atoms with Crippen molar-refractivity contribution in [1.82, 2.24) is 5.09 Å². The van der Waals surface area contributed by atoms with Crippen molar-refractivity contribution in [1.29, 1.82) is 5.41 Å². The molecule has 1 unspecified atom stereocenters. The van der Waals surface area contributed by atoms with Crippen LogP contribution in [-0.4, -0.2) is 24.8 Å². The summed E-state index contributed by atoms with van der Waals surface area (Å²) in [6, 6.07) is 11.4. The van der Waals surface area contributed by atoms with E-state index in [-0.39, 0.29) is 17.7 Å². The molecule has 4 N–H and O–H groups in total. The summed E-state index contributed by atoms with van der Waals surface area (Å²) in [6.07, 6.45) is 2.11. The Kier molecular flexibility index (Phi) is 10.5. The Labute approximate surface area is 212 Å². The van der Waals surface area contributed by atoms with Gasteiger partial charge in [0.2, 0.25) is 0 Å². The maximum atomic E-state index is 7.98. The summed E-state index contributed by atoms with van der Waals surface area (Å²) < 4.78 is 11.2. The van der Waals surface area contributed by atoms with Crippen molar-refractivity contribution in [3.63, 3.8) is 0 Å². The molecular weight excluding hydrogens is 590 g/mol. The number of halogens is 4. The van der Waals surface area contributed by atoms with Crippen LogP contribution in [0.25, 0.3) is 0 Å². The average molecular weight is 615 g/mol. The SMILES string of the molecule is CC(C)(c1ccc(OCC(=N)/C(N)=C\NPI)cc1)c1cc(Cl)c(OCCCl)c(Cl)c1. The van der Waals surface area contributed by atoms with E-state index in [1.807, 2.05) is 36.4 Å². The Morgan fingerprint density at radius 3 is 2.32 bits per heavy atom. The minimum absolute atomic E-state index is 0.0894. The van der Waals surface area contributed by atoms with E-state index in [9.17, 15) is 0 Å². The van der Waals surface area contributed by atoms with E-state index in [2.05, 4.69) is 41.0 Å². The summed E-state index contributed by atoms with van der Waals surface area (Å²) in [5.41, 5.74) is 8.06. The van der Waals surface area contributed by atoms with Gasteiger partial charge in [-0.25, -0.2) is 0 Å². The molecule has 2 rings (SSSR count). The molecule has 0 bridgehead atoms. The highest BCUT2D eigenvalue weighted by atomic mass is 127. The standard InChI is InChI=1S/C21H24Cl3IN3O2P/c1-21(2,14-9-16(23)20(17(24)10-14)29-8-7-22)13-3-5-15(6-4-13)30-12-19(27)18(26)11-28-31-25/h3-6,9-11,27-28,31H,7-8,12,26H2,1-2H3/b18-11+,27-19?. The molecule has 168 valence electrons. The predicted octanol–water partition coefficient (Wildman–Crippen LogP) is 6.67. The number of nitrogens with two attached hydrogens (primary N) is 1. The third-order valence-corrected chi connectivity index (χ3v) is 6.54. The fourth-order valence-corrected chi connectivity index (χ4v) is 4.12. The Balaban J connectivity index is 2.13. The van der Waals surface area contributed by atoms with Gasteiger partial charge in [-0.3, -0.25) is 5.41 Å². The molecule has 2 aromatic carbocycles. The van der Waals surface area contributed by atoms with Gasteiger partial charge in [0.1, 0.15) is 19.0 Å². The van der Waals surface area contributed by atoms with Gasteiger partial charge < -0.3 is 20.3 Å². The third kappa shape index (κ3) is 7.29. The second-order valence-electron chi connectivity index (χ2n) is 7.06. The number of alkyl halides is 1. The summed E-state index contributed by atoms with van der Waals surface area (Å²) in [5.74, 6) is 1.45. The average Bonchev–Trinajstić information content (AvgIpc) is 2.75. The molecule has 5 nitrogen and oxygen atoms in total. The van der Waals surface area contributed by atoms with Gasteiger partial charge in [-0.2, -0.15) is 0 Å². The van der Waals surface area contributed by atoms with Gasteiger partial charge >= 0.3 is 0 Å². The molecule has 0 aliphatic heterocycles. The second-order valence-corrected chi connectivity index (χ2v) is 10.3. The van der Waals surface area contributed by atoms with Crippen LogP contribution in [0.3, 0.4) is 0 Å². The summed E-state index contributed by atoms with van der Waals surface area (Å²) in [6.45, 7) is 4.60. The molecule has 0 saturated carbocycles. The zero-order valence-corrected chi connectivity index (χ0v) is 22.5. The van der Waals surface area contributed by atoms with Gasteiger partial charge in [0.25, 0.3) is 0 Å². The number of benzene rings is 2. The molecule has 0 saturated heterocycles. The Morgan fingerprint density at radius 2 is 1.77 bits per heavy atom.